The van der Waals surface area contributed by atoms with Gasteiger partial charge in [-0.25, -0.2) is 0 Å². The minimum atomic E-state index is 0. The van der Waals surface area contributed by atoms with Crippen LogP contribution >= 0.6 is 24.2 Å². The largest absolute Gasteiger partial charge is 0.383 e. The molecule has 0 aromatic heterocycles. The van der Waals surface area contributed by atoms with Crippen LogP contribution in [0.4, 0.5) is 0 Å². The lowest BCUT2D eigenvalue weighted by Crippen LogP contribution is -2.43. The first-order chi connectivity index (χ1) is 6.84. The lowest BCUT2D eigenvalue weighted by Gasteiger charge is -2.26. The Labute approximate surface area is 102 Å². The average molecular weight is 255 g/mol. The van der Waals surface area contributed by atoms with Gasteiger partial charge < -0.3 is 15.0 Å². The molecule has 0 unspecified atom stereocenters. The molecule has 4 nitrogen and oxygen atoms in total. The van der Waals surface area contributed by atoms with Crippen molar-refractivity contribution < 1.29 is 9.53 Å². The summed E-state index contributed by atoms with van der Waals surface area (Å²) in [6.45, 7) is 3.63. The monoisotopic (exact) mass is 254 g/mol. The summed E-state index contributed by atoms with van der Waals surface area (Å²) in [6.07, 6.45) is 0. The summed E-state index contributed by atoms with van der Waals surface area (Å²) >= 11 is 1.91. The van der Waals surface area contributed by atoms with E-state index in [0.717, 1.165) is 31.1 Å². The number of amides is 1. The molecule has 0 aliphatic carbocycles. The van der Waals surface area contributed by atoms with Gasteiger partial charge in [0.25, 0.3) is 0 Å². The van der Waals surface area contributed by atoms with Crippen molar-refractivity contribution >= 4 is 30.1 Å². The smallest absolute Gasteiger partial charge is 0.236 e. The second-order valence-corrected chi connectivity index (χ2v) is 4.39. The van der Waals surface area contributed by atoms with E-state index in [1.54, 1.807) is 7.11 Å². The molecule has 1 rings (SSSR count). The molecule has 15 heavy (non-hydrogen) atoms. The van der Waals surface area contributed by atoms with Gasteiger partial charge >= 0.3 is 0 Å². The molecule has 0 aromatic rings. The lowest BCUT2D eigenvalue weighted by atomic mass is 10.4. The molecule has 0 atom stereocenters. The summed E-state index contributed by atoms with van der Waals surface area (Å²) in [6, 6.07) is 0. The van der Waals surface area contributed by atoms with Crippen molar-refractivity contribution in [3.63, 3.8) is 0 Å². The van der Waals surface area contributed by atoms with Crippen LogP contribution in [0.1, 0.15) is 0 Å². The Balaban J connectivity index is 0.00000196. The molecule has 6 heteroatoms. The van der Waals surface area contributed by atoms with E-state index in [0.29, 0.717) is 13.2 Å². The maximum atomic E-state index is 11.6. The Morgan fingerprint density at radius 3 is 2.73 bits per heavy atom. The number of thioether (sulfide) groups is 1. The van der Waals surface area contributed by atoms with E-state index in [1.807, 2.05) is 16.7 Å². The Morgan fingerprint density at radius 1 is 1.47 bits per heavy atom. The first-order valence-electron chi connectivity index (χ1n) is 4.90. The van der Waals surface area contributed by atoms with Gasteiger partial charge in [-0.15, -0.1) is 12.4 Å². The second kappa shape index (κ2) is 9.27. The van der Waals surface area contributed by atoms with E-state index in [1.165, 1.54) is 0 Å². The molecule has 1 aliphatic rings. The van der Waals surface area contributed by atoms with Crippen LogP contribution in [-0.4, -0.2) is 62.2 Å². The second-order valence-electron chi connectivity index (χ2n) is 3.16. The van der Waals surface area contributed by atoms with Gasteiger partial charge in [-0.1, -0.05) is 0 Å². The third kappa shape index (κ3) is 6.25. The van der Waals surface area contributed by atoms with Crippen LogP contribution in [0, 0.1) is 0 Å². The van der Waals surface area contributed by atoms with Gasteiger partial charge in [0.1, 0.15) is 0 Å². The number of hydrogen-bond acceptors (Lipinski definition) is 4. The van der Waals surface area contributed by atoms with Crippen LogP contribution in [0.5, 0.6) is 0 Å². The molecule has 1 amide bonds. The number of rotatable bonds is 5. The minimum absolute atomic E-state index is 0. The molecule has 1 heterocycles. The normalized spacial score (nSPS) is 15.9. The summed E-state index contributed by atoms with van der Waals surface area (Å²) in [7, 11) is 1.66. The predicted octanol–water partition coefficient (Wildman–Crippen LogP) is 0.220. The quantitative estimate of drug-likeness (QED) is 0.713. The number of methoxy groups -OCH3 is 1. The third-order valence-corrected chi connectivity index (χ3v) is 3.07. The number of nitrogens with one attached hydrogen (secondary N) is 1. The fourth-order valence-corrected chi connectivity index (χ4v) is 2.20. The summed E-state index contributed by atoms with van der Waals surface area (Å²) in [5.41, 5.74) is 0. The van der Waals surface area contributed by atoms with Crippen molar-refractivity contribution in [1.29, 1.82) is 0 Å². The fourth-order valence-electron chi connectivity index (χ4n) is 1.29. The highest BCUT2D eigenvalue weighted by molar-refractivity contribution is 7.99. The minimum Gasteiger partial charge on any atom is -0.383 e. The summed E-state index contributed by atoms with van der Waals surface area (Å²) in [5.74, 6) is 2.36. The van der Waals surface area contributed by atoms with E-state index in [9.17, 15) is 4.79 Å². The molecular weight excluding hydrogens is 236 g/mol. The van der Waals surface area contributed by atoms with Crippen molar-refractivity contribution in [2.75, 3.05) is 51.4 Å². The molecular formula is C9H19ClN2O2S. The SMILES string of the molecule is COCCNCC(=O)N1CCSCC1.Cl. The number of carbonyl (C=O) groups excluding carboxylic acids is 1. The Morgan fingerprint density at radius 2 is 2.13 bits per heavy atom. The zero-order valence-corrected chi connectivity index (χ0v) is 10.7. The van der Waals surface area contributed by atoms with Gasteiger partial charge in [0.2, 0.25) is 5.91 Å². The number of halogens is 1. The first kappa shape index (κ1) is 15.0. The Bertz CT molecular complexity index is 177. The number of hydrogen-bond donors (Lipinski definition) is 1. The van der Waals surface area contributed by atoms with Crippen molar-refractivity contribution in [1.82, 2.24) is 10.2 Å². The molecule has 1 fully saturated rings. The molecule has 1 aliphatic heterocycles. The van der Waals surface area contributed by atoms with Gasteiger partial charge in [-0.05, 0) is 0 Å². The van der Waals surface area contributed by atoms with Crippen molar-refractivity contribution in [3.8, 4) is 0 Å². The lowest BCUT2D eigenvalue weighted by molar-refractivity contribution is -0.129. The van der Waals surface area contributed by atoms with Crippen LogP contribution in [0.2, 0.25) is 0 Å². The first-order valence-corrected chi connectivity index (χ1v) is 6.05. The van der Waals surface area contributed by atoms with Gasteiger partial charge in [0.05, 0.1) is 13.2 Å². The highest BCUT2D eigenvalue weighted by Gasteiger charge is 2.15. The van der Waals surface area contributed by atoms with E-state index >= 15 is 0 Å². The molecule has 0 radical (unpaired) electrons. The highest BCUT2D eigenvalue weighted by atomic mass is 35.5. The predicted molar refractivity (Wildman–Crippen MR) is 65.9 cm³/mol. The summed E-state index contributed by atoms with van der Waals surface area (Å²) in [5, 5.41) is 3.06. The third-order valence-electron chi connectivity index (χ3n) is 2.12. The molecule has 0 bridgehead atoms. The Kier molecular flexibility index (Phi) is 9.29. The maximum absolute atomic E-state index is 11.6. The standard InChI is InChI=1S/C9H18N2O2S.ClH/c1-13-5-2-10-8-9(12)11-3-6-14-7-4-11;/h10H,2-8H2,1H3;1H. The number of ether oxygens (including phenoxy) is 1. The van der Waals surface area contributed by atoms with Crippen LogP contribution in [0.3, 0.4) is 0 Å². The average Bonchev–Trinajstić information content (AvgIpc) is 2.25. The molecule has 0 spiro atoms. The van der Waals surface area contributed by atoms with Crippen molar-refractivity contribution in [2.45, 2.75) is 0 Å². The van der Waals surface area contributed by atoms with Gasteiger partial charge in [0.15, 0.2) is 0 Å². The molecule has 1 N–H and O–H groups in total. The van der Waals surface area contributed by atoms with E-state index in [-0.39, 0.29) is 18.3 Å². The number of nitrogens with zero attached hydrogens (tertiary/aromatic N) is 1. The topological polar surface area (TPSA) is 41.6 Å². The van der Waals surface area contributed by atoms with Crippen LogP contribution in [0.25, 0.3) is 0 Å². The zero-order valence-electron chi connectivity index (χ0n) is 9.03. The molecule has 90 valence electrons. The fraction of sp³-hybridized carbons (Fsp3) is 0.889. The van der Waals surface area contributed by atoms with Crippen LogP contribution in [0.15, 0.2) is 0 Å². The van der Waals surface area contributed by atoms with E-state index in [4.69, 9.17) is 4.74 Å². The molecule has 1 saturated heterocycles. The van der Waals surface area contributed by atoms with Crippen LogP contribution < -0.4 is 5.32 Å². The van der Waals surface area contributed by atoms with Gasteiger partial charge in [-0.2, -0.15) is 11.8 Å². The van der Waals surface area contributed by atoms with Crippen LogP contribution in [-0.2, 0) is 9.53 Å². The molecule has 0 aromatic carbocycles. The summed E-state index contributed by atoms with van der Waals surface area (Å²) in [4.78, 5) is 13.5. The van der Waals surface area contributed by atoms with E-state index in [2.05, 4.69) is 5.32 Å². The van der Waals surface area contributed by atoms with Gasteiger partial charge in [0, 0.05) is 38.2 Å². The Hall–Kier alpha value is 0.0300. The highest BCUT2D eigenvalue weighted by Crippen LogP contribution is 2.08. The summed E-state index contributed by atoms with van der Waals surface area (Å²) < 4.78 is 4.88. The number of carbonyl (C=O) groups is 1. The zero-order chi connectivity index (χ0) is 10.2. The maximum Gasteiger partial charge on any atom is 0.236 e. The van der Waals surface area contributed by atoms with Crippen molar-refractivity contribution in [2.24, 2.45) is 0 Å². The van der Waals surface area contributed by atoms with E-state index < -0.39 is 0 Å². The molecule has 0 saturated carbocycles. The van der Waals surface area contributed by atoms with Crippen molar-refractivity contribution in [3.05, 3.63) is 0 Å². The van der Waals surface area contributed by atoms with Gasteiger partial charge in [-0.3, -0.25) is 4.79 Å².